The van der Waals surface area contributed by atoms with Crippen LogP contribution in [-0.4, -0.2) is 30.2 Å². The third kappa shape index (κ3) is 5.82. The Balaban J connectivity index is 2.72. The molecule has 0 radical (unpaired) electrons. The highest BCUT2D eigenvalue weighted by molar-refractivity contribution is 5.97. The fourth-order valence-electron chi connectivity index (χ4n) is 2.18. The van der Waals surface area contributed by atoms with Gasteiger partial charge in [-0.2, -0.15) is 0 Å². The molecule has 0 spiro atoms. The Morgan fingerprint density at radius 3 is 2.57 bits per heavy atom. The molecule has 0 aliphatic carbocycles. The van der Waals surface area contributed by atoms with Crippen molar-refractivity contribution in [1.29, 1.82) is 0 Å². The number of aromatic nitrogens is 1. The lowest BCUT2D eigenvalue weighted by atomic mass is 9.97. The summed E-state index contributed by atoms with van der Waals surface area (Å²) in [5.41, 5.74) is 0.752. The van der Waals surface area contributed by atoms with E-state index in [0.29, 0.717) is 24.6 Å². The highest BCUT2D eigenvalue weighted by Crippen LogP contribution is 2.23. The Hall–Kier alpha value is -1.62. The molecule has 0 saturated heterocycles. The summed E-state index contributed by atoms with van der Waals surface area (Å²) in [5.74, 6) is 0.478. The van der Waals surface area contributed by atoms with Crippen molar-refractivity contribution in [3.05, 3.63) is 17.8 Å². The molecule has 0 aromatic carbocycles. The highest BCUT2D eigenvalue weighted by Gasteiger charge is 2.32. The molecule has 0 fully saturated rings. The number of ether oxygens (including phenoxy) is 2. The SMILES string of the molecule is CCCCOc1ncc(NC(=O)[C@](C)(CCCC)OC)cc1C. The summed E-state index contributed by atoms with van der Waals surface area (Å²) in [6, 6.07) is 1.88. The Kier molecular flexibility index (Phi) is 8.03. The molecule has 1 aromatic rings. The number of nitrogens with zero attached hydrogens (tertiary/aromatic N) is 1. The number of hydrogen-bond donors (Lipinski definition) is 1. The van der Waals surface area contributed by atoms with Gasteiger partial charge >= 0.3 is 0 Å². The van der Waals surface area contributed by atoms with Crippen LogP contribution in [0.25, 0.3) is 0 Å². The van der Waals surface area contributed by atoms with Crippen molar-refractivity contribution < 1.29 is 14.3 Å². The maximum Gasteiger partial charge on any atom is 0.256 e. The Morgan fingerprint density at radius 2 is 2.00 bits per heavy atom. The zero-order valence-electron chi connectivity index (χ0n) is 15.1. The molecule has 0 aliphatic heterocycles. The maximum absolute atomic E-state index is 12.5. The number of anilines is 1. The number of methoxy groups -OCH3 is 1. The fraction of sp³-hybridized carbons (Fsp3) is 0.667. The van der Waals surface area contributed by atoms with Crippen molar-refractivity contribution in [3.63, 3.8) is 0 Å². The van der Waals surface area contributed by atoms with Gasteiger partial charge in [0.1, 0.15) is 5.60 Å². The molecule has 1 heterocycles. The first kappa shape index (κ1) is 19.4. The summed E-state index contributed by atoms with van der Waals surface area (Å²) in [4.78, 5) is 16.8. The number of carbonyl (C=O) groups is 1. The molecular weight excluding hydrogens is 292 g/mol. The lowest BCUT2D eigenvalue weighted by molar-refractivity contribution is -0.136. The van der Waals surface area contributed by atoms with E-state index >= 15 is 0 Å². The number of carbonyl (C=O) groups excluding carboxylic acids is 1. The van der Waals surface area contributed by atoms with Crippen LogP contribution < -0.4 is 10.1 Å². The molecule has 1 amide bonds. The number of aryl methyl sites for hydroxylation is 1. The van der Waals surface area contributed by atoms with E-state index in [0.717, 1.165) is 31.2 Å². The van der Waals surface area contributed by atoms with Gasteiger partial charge in [-0.1, -0.05) is 33.1 Å². The van der Waals surface area contributed by atoms with E-state index in [1.807, 2.05) is 19.9 Å². The summed E-state index contributed by atoms with van der Waals surface area (Å²) in [7, 11) is 1.57. The number of hydrogen-bond acceptors (Lipinski definition) is 4. The average Bonchev–Trinajstić information content (AvgIpc) is 2.54. The van der Waals surface area contributed by atoms with Gasteiger partial charge in [-0.15, -0.1) is 0 Å². The van der Waals surface area contributed by atoms with Gasteiger partial charge in [0.25, 0.3) is 5.91 Å². The Labute approximate surface area is 139 Å². The molecular formula is C18H30N2O3. The predicted octanol–water partition coefficient (Wildman–Crippen LogP) is 4.10. The van der Waals surface area contributed by atoms with E-state index in [9.17, 15) is 4.79 Å². The van der Waals surface area contributed by atoms with Crippen molar-refractivity contribution >= 4 is 11.6 Å². The summed E-state index contributed by atoms with van der Waals surface area (Å²) in [5, 5.41) is 2.90. The minimum Gasteiger partial charge on any atom is -0.477 e. The molecule has 5 nitrogen and oxygen atoms in total. The van der Waals surface area contributed by atoms with E-state index in [1.165, 1.54) is 0 Å². The van der Waals surface area contributed by atoms with Crippen molar-refractivity contribution in [2.24, 2.45) is 0 Å². The van der Waals surface area contributed by atoms with Crippen LogP contribution in [0.1, 0.15) is 58.4 Å². The molecule has 0 aliphatic rings. The number of rotatable bonds is 10. The predicted molar refractivity (Wildman–Crippen MR) is 92.9 cm³/mol. The standard InChI is InChI=1S/C18H30N2O3/c1-6-8-10-18(4,22-5)17(21)20-15-12-14(3)16(19-13-15)23-11-9-7-2/h12-13H,6-11H2,1-5H3,(H,20,21)/t18-/m0/s1. The zero-order valence-corrected chi connectivity index (χ0v) is 15.1. The maximum atomic E-state index is 12.5. The fourth-order valence-corrected chi connectivity index (χ4v) is 2.18. The average molecular weight is 322 g/mol. The van der Waals surface area contributed by atoms with Crippen LogP contribution in [0, 0.1) is 6.92 Å². The van der Waals surface area contributed by atoms with Gasteiger partial charge in [0.15, 0.2) is 0 Å². The van der Waals surface area contributed by atoms with Crippen LogP contribution in [0.15, 0.2) is 12.3 Å². The van der Waals surface area contributed by atoms with E-state index < -0.39 is 5.60 Å². The molecule has 130 valence electrons. The normalized spacial score (nSPS) is 13.4. The molecule has 1 atom stereocenters. The van der Waals surface area contributed by atoms with Crippen LogP contribution in [-0.2, 0) is 9.53 Å². The molecule has 1 rings (SSSR count). The minimum atomic E-state index is -0.819. The van der Waals surface area contributed by atoms with Gasteiger partial charge in [-0.05, 0) is 32.8 Å². The Morgan fingerprint density at radius 1 is 1.30 bits per heavy atom. The summed E-state index contributed by atoms with van der Waals surface area (Å²) in [6.07, 6.45) is 6.37. The smallest absolute Gasteiger partial charge is 0.256 e. The first-order valence-electron chi connectivity index (χ1n) is 8.42. The monoisotopic (exact) mass is 322 g/mol. The van der Waals surface area contributed by atoms with Gasteiger partial charge in [0.05, 0.1) is 18.5 Å². The minimum absolute atomic E-state index is 0.144. The highest BCUT2D eigenvalue weighted by atomic mass is 16.5. The third-order valence-electron chi connectivity index (χ3n) is 3.96. The summed E-state index contributed by atoms with van der Waals surface area (Å²) in [6.45, 7) is 8.62. The Bertz CT molecular complexity index is 505. The molecule has 0 saturated carbocycles. The van der Waals surface area contributed by atoms with Crippen LogP contribution in [0.2, 0.25) is 0 Å². The van der Waals surface area contributed by atoms with Gasteiger partial charge in [0.2, 0.25) is 5.88 Å². The largest absolute Gasteiger partial charge is 0.477 e. The molecule has 0 unspecified atom stereocenters. The van der Waals surface area contributed by atoms with Crippen molar-refractivity contribution in [2.75, 3.05) is 19.0 Å². The molecule has 5 heteroatoms. The first-order valence-corrected chi connectivity index (χ1v) is 8.42. The number of pyridine rings is 1. The van der Waals surface area contributed by atoms with Gasteiger partial charge < -0.3 is 14.8 Å². The second kappa shape index (κ2) is 9.50. The second-order valence-corrected chi connectivity index (χ2v) is 6.04. The van der Waals surface area contributed by atoms with E-state index in [1.54, 1.807) is 13.3 Å². The number of amides is 1. The van der Waals surface area contributed by atoms with Gasteiger partial charge in [0, 0.05) is 12.7 Å². The summed E-state index contributed by atoms with van der Waals surface area (Å²) < 4.78 is 11.1. The molecule has 0 bridgehead atoms. The summed E-state index contributed by atoms with van der Waals surface area (Å²) >= 11 is 0. The van der Waals surface area contributed by atoms with Crippen molar-refractivity contribution in [2.45, 2.75) is 65.4 Å². The quantitative estimate of drug-likeness (QED) is 0.659. The van der Waals surface area contributed by atoms with E-state index in [4.69, 9.17) is 9.47 Å². The van der Waals surface area contributed by atoms with Crippen LogP contribution >= 0.6 is 0 Å². The first-order chi connectivity index (χ1) is 11.0. The van der Waals surface area contributed by atoms with Gasteiger partial charge in [-0.3, -0.25) is 4.79 Å². The van der Waals surface area contributed by atoms with Gasteiger partial charge in [-0.25, -0.2) is 4.98 Å². The van der Waals surface area contributed by atoms with Crippen LogP contribution in [0.3, 0.4) is 0 Å². The molecule has 23 heavy (non-hydrogen) atoms. The topological polar surface area (TPSA) is 60.5 Å². The third-order valence-corrected chi connectivity index (χ3v) is 3.96. The van der Waals surface area contributed by atoms with Crippen molar-refractivity contribution in [3.8, 4) is 5.88 Å². The van der Waals surface area contributed by atoms with Crippen molar-refractivity contribution in [1.82, 2.24) is 4.98 Å². The lowest BCUT2D eigenvalue weighted by Crippen LogP contribution is -2.42. The lowest BCUT2D eigenvalue weighted by Gasteiger charge is -2.26. The molecule has 1 aromatic heterocycles. The molecule has 1 N–H and O–H groups in total. The van der Waals surface area contributed by atoms with E-state index in [-0.39, 0.29) is 5.91 Å². The van der Waals surface area contributed by atoms with E-state index in [2.05, 4.69) is 24.1 Å². The van der Waals surface area contributed by atoms with Crippen LogP contribution in [0.5, 0.6) is 5.88 Å². The second-order valence-electron chi connectivity index (χ2n) is 6.04. The zero-order chi connectivity index (χ0) is 17.3. The van der Waals surface area contributed by atoms with Crippen LogP contribution in [0.4, 0.5) is 5.69 Å². The number of nitrogens with one attached hydrogen (secondary N) is 1. The number of unbranched alkanes of at least 4 members (excludes halogenated alkanes) is 2.